The number of fused-ring (bicyclic) bond motifs is 1. The topological polar surface area (TPSA) is 76.9 Å². The minimum Gasteiger partial charge on any atom is -0.273 e. The van der Waals surface area contributed by atoms with E-state index < -0.39 is 39.7 Å². The number of anilines is 1. The molecule has 0 radical (unpaired) electrons. The van der Waals surface area contributed by atoms with E-state index in [4.69, 9.17) is 0 Å². The molecule has 0 bridgehead atoms. The Morgan fingerprint density at radius 2 is 1.57 bits per heavy atom. The van der Waals surface area contributed by atoms with Gasteiger partial charge in [0.15, 0.2) is 5.65 Å². The smallest absolute Gasteiger partial charge is 0.256 e. The first kappa shape index (κ1) is 19.8. The number of pyridine rings is 1. The molecule has 4 aromatic rings. The minimum atomic E-state index is -1.60. The SMILES string of the molecule is CS(=O)Nc1nc(-c2ccccc2F)c2ccc(=O)n(-c3c(F)cccc3F)c2n1. The Balaban J connectivity index is 2.16. The van der Waals surface area contributed by atoms with Crippen molar-refractivity contribution in [2.24, 2.45) is 0 Å². The summed E-state index contributed by atoms with van der Waals surface area (Å²) in [6.07, 6.45) is 1.32. The number of nitrogens with zero attached hydrogens (tertiary/aromatic N) is 3. The van der Waals surface area contributed by atoms with E-state index in [0.29, 0.717) is 0 Å². The van der Waals surface area contributed by atoms with Gasteiger partial charge in [0.1, 0.15) is 34.1 Å². The minimum absolute atomic E-state index is 0.0662. The Labute approximate surface area is 170 Å². The summed E-state index contributed by atoms with van der Waals surface area (Å²) < 4.78 is 58.3. The molecule has 2 aromatic heterocycles. The van der Waals surface area contributed by atoms with Crippen LogP contribution in [0, 0.1) is 17.5 Å². The quantitative estimate of drug-likeness (QED) is 0.537. The summed E-state index contributed by atoms with van der Waals surface area (Å²) in [7, 11) is -1.60. The maximum atomic E-state index is 14.5. The highest BCUT2D eigenvalue weighted by Gasteiger charge is 2.20. The molecule has 152 valence electrons. The van der Waals surface area contributed by atoms with E-state index in [1.165, 1.54) is 30.5 Å². The fraction of sp³-hybridized carbons (Fsp3) is 0.0500. The van der Waals surface area contributed by atoms with Gasteiger partial charge in [-0.25, -0.2) is 22.4 Å². The zero-order valence-corrected chi connectivity index (χ0v) is 16.2. The summed E-state index contributed by atoms with van der Waals surface area (Å²) in [6, 6.07) is 11.4. The predicted octanol–water partition coefficient (Wildman–Crippen LogP) is 3.57. The number of para-hydroxylation sites is 1. The predicted molar refractivity (Wildman–Crippen MR) is 108 cm³/mol. The van der Waals surface area contributed by atoms with Gasteiger partial charge in [-0.3, -0.25) is 14.1 Å². The molecule has 0 aliphatic carbocycles. The Morgan fingerprint density at radius 3 is 2.23 bits per heavy atom. The third kappa shape index (κ3) is 3.45. The van der Waals surface area contributed by atoms with Crippen molar-refractivity contribution >= 4 is 28.0 Å². The first-order valence-electron chi connectivity index (χ1n) is 8.60. The summed E-state index contributed by atoms with van der Waals surface area (Å²) in [6.45, 7) is 0. The van der Waals surface area contributed by atoms with Gasteiger partial charge in [-0.2, -0.15) is 4.98 Å². The Morgan fingerprint density at radius 1 is 0.900 bits per heavy atom. The van der Waals surface area contributed by atoms with Gasteiger partial charge in [-0.1, -0.05) is 18.2 Å². The Hall–Kier alpha value is -3.53. The van der Waals surface area contributed by atoms with Gasteiger partial charge < -0.3 is 0 Å². The molecular formula is C20H13F3N4O2S. The van der Waals surface area contributed by atoms with E-state index in [2.05, 4.69) is 14.7 Å². The van der Waals surface area contributed by atoms with Crippen molar-refractivity contribution in [1.29, 1.82) is 0 Å². The number of hydrogen-bond donors (Lipinski definition) is 1. The zero-order valence-electron chi connectivity index (χ0n) is 15.4. The second-order valence-electron chi connectivity index (χ2n) is 6.25. The molecule has 0 saturated heterocycles. The van der Waals surface area contributed by atoms with Crippen molar-refractivity contribution in [3.8, 4) is 16.9 Å². The van der Waals surface area contributed by atoms with Gasteiger partial charge in [0.2, 0.25) is 5.95 Å². The van der Waals surface area contributed by atoms with Crippen molar-refractivity contribution in [1.82, 2.24) is 14.5 Å². The molecule has 1 unspecified atom stereocenters. The molecule has 1 N–H and O–H groups in total. The van der Waals surface area contributed by atoms with Crippen LogP contribution in [0.3, 0.4) is 0 Å². The van der Waals surface area contributed by atoms with Crippen LogP contribution >= 0.6 is 0 Å². The van der Waals surface area contributed by atoms with Crippen LogP contribution in [0.5, 0.6) is 0 Å². The molecule has 4 rings (SSSR count). The monoisotopic (exact) mass is 430 g/mol. The molecule has 0 aliphatic rings. The van der Waals surface area contributed by atoms with Crippen molar-refractivity contribution in [3.05, 3.63) is 82.4 Å². The summed E-state index contributed by atoms with van der Waals surface area (Å²) in [5.74, 6) is -2.76. The van der Waals surface area contributed by atoms with E-state index in [9.17, 15) is 22.2 Å². The second-order valence-corrected chi connectivity index (χ2v) is 7.36. The van der Waals surface area contributed by atoms with E-state index in [1.807, 2.05) is 0 Å². The standard InChI is InChI=1S/C20H13F3N4O2S/c1-30(29)26-20-24-17(11-5-2-3-6-13(11)21)12-9-10-16(28)27(19(12)25-20)18-14(22)7-4-8-15(18)23/h2-10H,1H3,(H,24,25,26). The molecule has 0 saturated carbocycles. The number of rotatable bonds is 4. The average molecular weight is 430 g/mol. The number of nitrogens with one attached hydrogen (secondary N) is 1. The van der Waals surface area contributed by atoms with Crippen LogP contribution in [0.15, 0.2) is 59.4 Å². The van der Waals surface area contributed by atoms with Crippen molar-refractivity contribution in [2.75, 3.05) is 11.0 Å². The largest absolute Gasteiger partial charge is 0.273 e. The molecule has 0 spiro atoms. The van der Waals surface area contributed by atoms with Crippen molar-refractivity contribution in [3.63, 3.8) is 0 Å². The molecule has 0 fully saturated rings. The molecule has 1 atom stereocenters. The highest BCUT2D eigenvalue weighted by Crippen LogP contribution is 2.30. The molecule has 10 heteroatoms. The molecular weight excluding hydrogens is 417 g/mol. The lowest BCUT2D eigenvalue weighted by Crippen LogP contribution is -2.21. The molecule has 0 amide bonds. The van der Waals surface area contributed by atoms with E-state index in [-0.39, 0.29) is 28.2 Å². The van der Waals surface area contributed by atoms with Crippen LogP contribution in [-0.2, 0) is 11.0 Å². The van der Waals surface area contributed by atoms with E-state index in [0.717, 1.165) is 28.8 Å². The maximum Gasteiger partial charge on any atom is 0.256 e. The molecule has 6 nitrogen and oxygen atoms in total. The maximum absolute atomic E-state index is 14.5. The van der Waals surface area contributed by atoms with Crippen LogP contribution < -0.4 is 10.3 Å². The Kier molecular flexibility index (Phi) is 5.08. The highest BCUT2D eigenvalue weighted by atomic mass is 32.2. The van der Waals surface area contributed by atoms with Gasteiger partial charge >= 0.3 is 0 Å². The van der Waals surface area contributed by atoms with E-state index >= 15 is 0 Å². The first-order chi connectivity index (χ1) is 14.4. The van der Waals surface area contributed by atoms with Crippen LogP contribution in [0.4, 0.5) is 19.1 Å². The van der Waals surface area contributed by atoms with Crippen LogP contribution in [0.25, 0.3) is 28.0 Å². The molecule has 30 heavy (non-hydrogen) atoms. The fourth-order valence-electron chi connectivity index (χ4n) is 3.07. The zero-order chi connectivity index (χ0) is 21.4. The Bertz CT molecular complexity index is 1350. The average Bonchev–Trinajstić information content (AvgIpc) is 2.69. The third-order valence-electron chi connectivity index (χ3n) is 4.28. The third-order valence-corrected chi connectivity index (χ3v) is 4.75. The van der Waals surface area contributed by atoms with Gasteiger partial charge in [-0.15, -0.1) is 0 Å². The van der Waals surface area contributed by atoms with Gasteiger partial charge in [0.05, 0.1) is 5.69 Å². The number of benzene rings is 2. The molecule has 2 aromatic carbocycles. The summed E-state index contributed by atoms with van der Waals surface area (Å²) in [5, 5.41) is 0.176. The van der Waals surface area contributed by atoms with Crippen molar-refractivity contribution < 1.29 is 17.4 Å². The van der Waals surface area contributed by atoms with E-state index in [1.54, 1.807) is 6.07 Å². The second kappa shape index (κ2) is 7.71. The molecule has 0 aliphatic heterocycles. The molecule has 2 heterocycles. The normalized spacial score (nSPS) is 12.1. The van der Waals surface area contributed by atoms with Gasteiger partial charge in [0, 0.05) is 23.3 Å². The fourth-order valence-corrected chi connectivity index (χ4v) is 3.41. The van der Waals surface area contributed by atoms with Crippen molar-refractivity contribution in [2.45, 2.75) is 0 Å². The van der Waals surface area contributed by atoms with Crippen LogP contribution in [0.2, 0.25) is 0 Å². The summed E-state index contributed by atoms with van der Waals surface area (Å²) >= 11 is 0. The lowest BCUT2D eigenvalue weighted by molar-refractivity contribution is 0.568. The lowest BCUT2D eigenvalue weighted by Gasteiger charge is -2.15. The van der Waals surface area contributed by atoms with Crippen LogP contribution in [-0.4, -0.2) is 25.0 Å². The van der Waals surface area contributed by atoms with Gasteiger partial charge in [0.25, 0.3) is 5.56 Å². The highest BCUT2D eigenvalue weighted by molar-refractivity contribution is 7.85. The number of halogens is 3. The summed E-state index contributed by atoms with van der Waals surface area (Å²) in [4.78, 5) is 21.0. The first-order valence-corrected chi connectivity index (χ1v) is 10.2. The number of hydrogen-bond acceptors (Lipinski definition) is 4. The lowest BCUT2D eigenvalue weighted by atomic mass is 10.1. The summed E-state index contributed by atoms with van der Waals surface area (Å²) in [5.41, 5.74) is -1.42. The van der Waals surface area contributed by atoms with Crippen LogP contribution in [0.1, 0.15) is 0 Å². The van der Waals surface area contributed by atoms with Gasteiger partial charge in [-0.05, 0) is 30.3 Å². The number of aromatic nitrogens is 3.